The molecule has 0 saturated carbocycles. The third-order valence-corrected chi connectivity index (χ3v) is 10.1. The van der Waals surface area contributed by atoms with E-state index < -0.39 is 0 Å². The molecule has 0 bridgehead atoms. The maximum absolute atomic E-state index is 2.32. The fourth-order valence-corrected chi connectivity index (χ4v) is 7.38. The largest absolute Gasteiger partial charge is 0.311 e. The molecular formula is C52H38N2. The Kier molecular flexibility index (Phi) is 8.99. The minimum absolute atomic E-state index is 1.10. The van der Waals surface area contributed by atoms with Crippen LogP contribution in [0.2, 0.25) is 0 Å². The van der Waals surface area contributed by atoms with Gasteiger partial charge in [-0.25, -0.2) is 0 Å². The summed E-state index contributed by atoms with van der Waals surface area (Å²) in [5, 5.41) is 2.52. The highest BCUT2D eigenvalue weighted by atomic mass is 15.1. The Balaban J connectivity index is 1.02. The Morgan fingerprint density at radius 1 is 0.222 bits per heavy atom. The van der Waals surface area contributed by atoms with Crippen molar-refractivity contribution >= 4 is 44.9 Å². The molecule has 0 aliphatic carbocycles. The molecule has 2 nitrogen and oxygen atoms in total. The van der Waals surface area contributed by atoms with Crippen LogP contribution in [0.15, 0.2) is 231 Å². The lowest BCUT2D eigenvalue weighted by Gasteiger charge is -2.26. The van der Waals surface area contributed by atoms with Crippen molar-refractivity contribution in [3.05, 3.63) is 231 Å². The normalized spacial score (nSPS) is 11.0. The number of fused-ring (bicyclic) bond motifs is 1. The molecule has 9 aromatic rings. The van der Waals surface area contributed by atoms with Crippen molar-refractivity contribution in [2.45, 2.75) is 0 Å². The molecule has 0 spiro atoms. The molecule has 0 N–H and O–H groups in total. The molecule has 0 aromatic heterocycles. The first-order chi connectivity index (χ1) is 26.8. The molecule has 9 rings (SSSR count). The molecule has 2 heteroatoms. The lowest BCUT2D eigenvalue weighted by Crippen LogP contribution is -2.10. The maximum Gasteiger partial charge on any atom is 0.0467 e. The summed E-state index contributed by atoms with van der Waals surface area (Å²) in [4.78, 5) is 4.64. The van der Waals surface area contributed by atoms with Crippen LogP contribution in [0.25, 0.3) is 44.2 Å². The average Bonchev–Trinajstić information content (AvgIpc) is 3.26. The second-order valence-electron chi connectivity index (χ2n) is 13.4. The molecule has 0 atom stereocenters. The van der Waals surface area contributed by atoms with Gasteiger partial charge in [0.1, 0.15) is 0 Å². The number of benzene rings is 9. The number of hydrogen-bond donors (Lipinski definition) is 0. The van der Waals surface area contributed by atoms with Gasteiger partial charge >= 0.3 is 0 Å². The number of para-hydroxylation sites is 2. The highest BCUT2D eigenvalue weighted by molar-refractivity contribution is 5.97. The van der Waals surface area contributed by atoms with Crippen LogP contribution in [0.1, 0.15) is 0 Å². The molecule has 0 heterocycles. The average molecular weight is 691 g/mol. The van der Waals surface area contributed by atoms with Crippen molar-refractivity contribution in [3.8, 4) is 33.4 Å². The molecule has 0 aliphatic heterocycles. The molecule has 0 aliphatic rings. The fourth-order valence-electron chi connectivity index (χ4n) is 7.38. The van der Waals surface area contributed by atoms with Gasteiger partial charge in [0, 0.05) is 34.1 Å². The first-order valence-electron chi connectivity index (χ1n) is 18.4. The van der Waals surface area contributed by atoms with Crippen LogP contribution in [-0.2, 0) is 0 Å². The van der Waals surface area contributed by atoms with Crippen molar-refractivity contribution in [3.63, 3.8) is 0 Å². The predicted molar refractivity (Wildman–Crippen MR) is 230 cm³/mol. The van der Waals surface area contributed by atoms with Crippen molar-refractivity contribution in [1.29, 1.82) is 0 Å². The zero-order chi connectivity index (χ0) is 36.1. The van der Waals surface area contributed by atoms with Crippen LogP contribution in [-0.4, -0.2) is 0 Å². The molecule has 9 aromatic carbocycles. The van der Waals surface area contributed by atoms with E-state index >= 15 is 0 Å². The summed E-state index contributed by atoms with van der Waals surface area (Å²) in [6, 6.07) is 82.3. The summed E-state index contributed by atoms with van der Waals surface area (Å²) in [5.74, 6) is 0. The Bertz CT molecular complexity index is 2610. The fraction of sp³-hybridized carbons (Fsp3) is 0. The van der Waals surface area contributed by atoms with Crippen LogP contribution in [0.5, 0.6) is 0 Å². The Labute approximate surface area is 317 Å². The monoisotopic (exact) mass is 690 g/mol. The molecule has 0 amide bonds. The number of rotatable bonds is 9. The van der Waals surface area contributed by atoms with Gasteiger partial charge in [-0.1, -0.05) is 158 Å². The maximum atomic E-state index is 2.32. The second kappa shape index (κ2) is 14.8. The Morgan fingerprint density at radius 3 is 1.17 bits per heavy atom. The first kappa shape index (κ1) is 32.7. The van der Waals surface area contributed by atoms with Crippen molar-refractivity contribution in [2.24, 2.45) is 0 Å². The third-order valence-electron chi connectivity index (χ3n) is 10.1. The van der Waals surface area contributed by atoms with Gasteiger partial charge in [-0.3, -0.25) is 0 Å². The Morgan fingerprint density at radius 2 is 0.593 bits per heavy atom. The Hall–Kier alpha value is -7.16. The summed E-state index contributed by atoms with van der Waals surface area (Å²) < 4.78 is 0. The van der Waals surface area contributed by atoms with Crippen molar-refractivity contribution in [2.75, 3.05) is 9.80 Å². The molecule has 0 radical (unpaired) electrons. The lowest BCUT2D eigenvalue weighted by molar-refractivity contribution is 1.28. The van der Waals surface area contributed by atoms with Crippen LogP contribution >= 0.6 is 0 Å². The van der Waals surface area contributed by atoms with Crippen molar-refractivity contribution < 1.29 is 0 Å². The van der Waals surface area contributed by atoms with Crippen LogP contribution in [0.3, 0.4) is 0 Å². The van der Waals surface area contributed by atoms with E-state index in [1.54, 1.807) is 0 Å². The molecule has 54 heavy (non-hydrogen) atoms. The van der Waals surface area contributed by atoms with Gasteiger partial charge in [0.25, 0.3) is 0 Å². The first-order valence-corrected chi connectivity index (χ1v) is 18.4. The van der Waals surface area contributed by atoms with E-state index in [2.05, 4.69) is 240 Å². The summed E-state index contributed by atoms with van der Waals surface area (Å²) in [5.41, 5.74) is 13.9. The number of hydrogen-bond acceptors (Lipinski definition) is 2. The number of nitrogens with zero attached hydrogens (tertiary/aromatic N) is 2. The minimum atomic E-state index is 1.10. The van der Waals surface area contributed by atoms with Crippen LogP contribution in [0.4, 0.5) is 34.1 Å². The summed E-state index contributed by atoms with van der Waals surface area (Å²) >= 11 is 0. The molecule has 0 fully saturated rings. The summed E-state index contributed by atoms with van der Waals surface area (Å²) in [6.45, 7) is 0. The van der Waals surface area contributed by atoms with Gasteiger partial charge in [-0.15, -0.1) is 0 Å². The van der Waals surface area contributed by atoms with Crippen LogP contribution < -0.4 is 9.80 Å². The smallest absolute Gasteiger partial charge is 0.0467 e. The second-order valence-corrected chi connectivity index (χ2v) is 13.4. The molecular weight excluding hydrogens is 653 g/mol. The van der Waals surface area contributed by atoms with E-state index in [1.165, 1.54) is 44.2 Å². The van der Waals surface area contributed by atoms with Gasteiger partial charge in [0.15, 0.2) is 0 Å². The van der Waals surface area contributed by atoms with E-state index in [-0.39, 0.29) is 0 Å². The highest BCUT2D eigenvalue weighted by Crippen LogP contribution is 2.40. The van der Waals surface area contributed by atoms with E-state index in [0.29, 0.717) is 0 Å². The van der Waals surface area contributed by atoms with Gasteiger partial charge in [0.2, 0.25) is 0 Å². The topological polar surface area (TPSA) is 6.48 Å². The van der Waals surface area contributed by atoms with E-state index in [4.69, 9.17) is 0 Å². The SMILES string of the molecule is c1ccc(-c2cccc(N(c3ccccc3)c3ccc(-c4ccc(N(c5ccccc5)c5ccc(-c6cccc7ccccc67)cc5)cc4)cc3)c2)cc1. The quantitative estimate of drug-likeness (QED) is 0.149. The van der Waals surface area contributed by atoms with Gasteiger partial charge in [-0.2, -0.15) is 0 Å². The lowest BCUT2D eigenvalue weighted by atomic mass is 9.98. The van der Waals surface area contributed by atoms with Crippen molar-refractivity contribution in [1.82, 2.24) is 0 Å². The van der Waals surface area contributed by atoms with E-state index in [9.17, 15) is 0 Å². The highest BCUT2D eigenvalue weighted by Gasteiger charge is 2.16. The minimum Gasteiger partial charge on any atom is -0.311 e. The molecule has 0 unspecified atom stereocenters. The molecule has 0 saturated heterocycles. The predicted octanol–water partition coefficient (Wildman–Crippen LogP) is 14.8. The van der Waals surface area contributed by atoms with Crippen LogP contribution in [0, 0.1) is 0 Å². The summed E-state index contributed by atoms with van der Waals surface area (Å²) in [7, 11) is 0. The zero-order valence-corrected chi connectivity index (χ0v) is 29.8. The van der Waals surface area contributed by atoms with Gasteiger partial charge in [0.05, 0.1) is 0 Å². The zero-order valence-electron chi connectivity index (χ0n) is 29.8. The third kappa shape index (κ3) is 6.65. The summed E-state index contributed by atoms with van der Waals surface area (Å²) in [6.07, 6.45) is 0. The number of anilines is 6. The van der Waals surface area contributed by atoms with E-state index in [1.807, 2.05) is 0 Å². The molecule has 256 valence electrons. The van der Waals surface area contributed by atoms with Gasteiger partial charge in [-0.05, 0) is 117 Å². The standard InChI is InChI=1S/C52H38N2/c1-4-14-39(15-5-1)44-18-12-23-50(38-44)54(46-21-8-3-9-22-46)49-34-28-41(29-35-49)40-26-32-47(33-27-40)53(45-19-6-2-7-20-45)48-36-30-43(31-37-48)52-25-13-17-42-16-10-11-24-51(42)52/h1-38H. The van der Waals surface area contributed by atoms with E-state index in [0.717, 1.165) is 34.1 Å². The van der Waals surface area contributed by atoms with Gasteiger partial charge < -0.3 is 9.80 Å².